The number of carbonyl (C=O) groups is 2. The zero-order valence-electron chi connectivity index (χ0n) is 9.13. The van der Waals surface area contributed by atoms with Crippen molar-refractivity contribution in [1.82, 2.24) is 5.32 Å². The van der Waals surface area contributed by atoms with Crippen LogP contribution in [0, 0.1) is 0 Å². The van der Waals surface area contributed by atoms with Gasteiger partial charge in [-0.3, -0.25) is 9.59 Å². The number of thioether (sulfide) groups is 1. The maximum absolute atomic E-state index is 11.3. The Morgan fingerprint density at radius 2 is 2.06 bits per heavy atom. The maximum atomic E-state index is 11.3. The second-order valence-corrected chi connectivity index (χ2v) is 5.29. The molecule has 0 saturated carbocycles. The summed E-state index contributed by atoms with van der Waals surface area (Å²) in [5, 5.41) is 3.66. The number of halogens is 2. The van der Waals surface area contributed by atoms with E-state index < -0.39 is 0 Å². The summed E-state index contributed by atoms with van der Waals surface area (Å²) in [6, 6.07) is 5.08. The zero-order chi connectivity index (χ0) is 12.8. The van der Waals surface area contributed by atoms with Gasteiger partial charge in [-0.15, -0.1) is 0 Å². The van der Waals surface area contributed by atoms with E-state index in [1.165, 1.54) is 6.92 Å². The second kappa shape index (κ2) is 6.89. The molecule has 0 aliphatic rings. The fraction of sp³-hybridized carbons (Fsp3) is 0.273. The molecule has 17 heavy (non-hydrogen) atoms. The SMILES string of the molecule is CC(=O)SCC(=O)NCc1ccc(Cl)cc1Cl. The van der Waals surface area contributed by atoms with Crippen molar-refractivity contribution in [2.75, 3.05) is 5.75 Å². The summed E-state index contributed by atoms with van der Waals surface area (Å²) in [6.45, 7) is 1.75. The summed E-state index contributed by atoms with van der Waals surface area (Å²) >= 11 is 12.7. The first-order valence-electron chi connectivity index (χ1n) is 4.83. The molecule has 0 radical (unpaired) electrons. The predicted octanol–water partition coefficient (Wildman–Crippen LogP) is 2.89. The van der Waals surface area contributed by atoms with E-state index in [9.17, 15) is 9.59 Å². The molecule has 0 aliphatic carbocycles. The molecule has 92 valence electrons. The molecule has 6 heteroatoms. The van der Waals surface area contributed by atoms with Crippen molar-refractivity contribution >= 4 is 46.0 Å². The Bertz CT molecular complexity index is 437. The number of carbonyl (C=O) groups excluding carboxylic acids is 2. The topological polar surface area (TPSA) is 46.2 Å². The molecule has 1 rings (SSSR count). The molecule has 1 aromatic carbocycles. The van der Waals surface area contributed by atoms with Gasteiger partial charge in [0.1, 0.15) is 0 Å². The van der Waals surface area contributed by atoms with E-state index in [4.69, 9.17) is 23.2 Å². The first-order chi connectivity index (χ1) is 7.99. The molecule has 1 aromatic rings. The molecule has 0 unspecified atom stereocenters. The van der Waals surface area contributed by atoms with Crippen LogP contribution in [0.25, 0.3) is 0 Å². The van der Waals surface area contributed by atoms with Gasteiger partial charge in [0.25, 0.3) is 0 Å². The molecule has 0 atom stereocenters. The van der Waals surface area contributed by atoms with Crippen LogP contribution >= 0.6 is 35.0 Å². The van der Waals surface area contributed by atoms with E-state index in [1.807, 2.05) is 0 Å². The van der Waals surface area contributed by atoms with Crippen LogP contribution in [0.3, 0.4) is 0 Å². The summed E-state index contributed by atoms with van der Waals surface area (Å²) < 4.78 is 0. The molecular weight excluding hydrogens is 281 g/mol. The lowest BCUT2D eigenvalue weighted by atomic mass is 10.2. The van der Waals surface area contributed by atoms with E-state index in [2.05, 4.69) is 5.32 Å². The summed E-state index contributed by atoms with van der Waals surface area (Å²) in [4.78, 5) is 22.0. The molecule has 0 heterocycles. The zero-order valence-corrected chi connectivity index (χ0v) is 11.5. The average molecular weight is 292 g/mol. The largest absolute Gasteiger partial charge is 0.351 e. The Morgan fingerprint density at radius 1 is 1.35 bits per heavy atom. The standard InChI is InChI=1S/C11H11Cl2NO2S/c1-7(15)17-6-11(16)14-5-8-2-3-9(12)4-10(8)13/h2-4H,5-6H2,1H3,(H,14,16). The van der Waals surface area contributed by atoms with Gasteiger partial charge in [0.05, 0.1) is 5.75 Å². The van der Waals surface area contributed by atoms with Crippen molar-refractivity contribution in [2.45, 2.75) is 13.5 Å². The smallest absolute Gasteiger partial charge is 0.230 e. The number of hydrogen-bond acceptors (Lipinski definition) is 3. The van der Waals surface area contributed by atoms with Crippen LogP contribution in [-0.4, -0.2) is 16.8 Å². The van der Waals surface area contributed by atoms with Gasteiger partial charge in [0.2, 0.25) is 5.91 Å². The predicted molar refractivity (Wildman–Crippen MR) is 71.4 cm³/mol. The number of rotatable bonds is 4. The maximum Gasteiger partial charge on any atom is 0.230 e. The van der Waals surface area contributed by atoms with Crippen LogP contribution in [0.1, 0.15) is 12.5 Å². The van der Waals surface area contributed by atoms with Crippen molar-refractivity contribution in [3.63, 3.8) is 0 Å². The third-order valence-electron chi connectivity index (χ3n) is 1.90. The van der Waals surface area contributed by atoms with Gasteiger partial charge in [-0.1, -0.05) is 41.0 Å². The van der Waals surface area contributed by atoms with Crippen LogP contribution in [-0.2, 0) is 16.1 Å². The van der Waals surface area contributed by atoms with E-state index in [1.54, 1.807) is 18.2 Å². The Labute approximate surface area is 114 Å². The van der Waals surface area contributed by atoms with Gasteiger partial charge in [-0.25, -0.2) is 0 Å². The van der Waals surface area contributed by atoms with Crippen LogP contribution in [0.15, 0.2) is 18.2 Å². The Morgan fingerprint density at radius 3 is 2.65 bits per heavy atom. The molecule has 3 nitrogen and oxygen atoms in total. The summed E-state index contributed by atoms with van der Waals surface area (Å²) in [5.74, 6) is -0.0724. The van der Waals surface area contributed by atoms with Crippen LogP contribution in [0.4, 0.5) is 0 Å². The highest BCUT2D eigenvalue weighted by molar-refractivity contribution is 8.14. The lowest BCUT2D eigenvalue weighted by Crippen LogP contribution is -2.25. The Balaban J connectivity index is 2.44. The highest BCUT2D eigenvalue weighted by Gasteiger charge is 2.06. The normalized spacial score (nSPS) is 10.1. The average Bonchev–Trinajstić information content (AvgIpc) is 2.25. The van der Waals surface area contributed by atoms with Crippen LogP contribution in [0.5, 0.6) is 0 Å². The molecule has 0 aliphatic heterocycles. The third kappa shape index (κ3) is 5.44. The lowest BCUT2D eigenvalue weighted by molar-refractivity contribution is -0.119. The number of amides is 1. The number of hydrogen-bond donors (Lipinski definition) is 1. The summed E-state index contributed by atoms with van der Waals surface area (Å²) in [5.41, 5.74) is 0.789. The van der Waals surface area contributed by atoms with Crippen LogP contribution < -0.4 is 5.32 Å². The Kier molecular flexibility index (Phi) is 5.82. The second-order valence-electron chi connectivity index (χ2n) is 3.29. The van der Waals surface area contributed by atoms with E-state index in [0.717, 1.165) is 17.3 Å². The lowest BCUT2D eigenvalue weighted by Gasteiger charge is -2.06. The van der Waals surface area contributed by atoms with Crippen molar-refractivity contribution in [1.29, 1.82) is 0 Å². The van der Waals surface area contributed by atoms with Crippen LogP contribution in [0.2, 0.25) is 10.0 Å². The third-order valence-corrected chi connectivity index (χ3v) is 3.30. The van der Waals surface area contributed by atoms with Gasteiger partial charge in [-0.05, 0) is 17.7 Å². The fourth-order valence-corrected chi connectivity index (χ4v) is 1.99. The van der Waals surface area contributed by atoms with Crippen molar-refractivity contribution in [3.8, 4) is 0 Å². The molecule has 1 N–H and O–H groups in total. The van der Waals surface area contributed by atoms with Crippen molar-refractivity contribution in [2.24, 2.45) is 0 Å². The molecule has 1 amide bonds. The highest BCUT2D eigenvalue weighted by Crippen LogP contribution is 2.20. The minimum atomic E-state index is -0.198. The monoisotopic (exact) mass is 291 g/mol. The molecule has 0 aromatic heterocycles. The minimum absolute atomic E-state index is 0.0790. The van der Waals surface area contributed by atoms with Crippen molar-refractivity contribution in [3.05, 3.63) is 33.8 Å². The van der Waals surface area contributed by atoms with Gasteiger partial charge in [0, 0.05) is 23.5 Å². The Hall–Kier alpha value is -0.710. The molecule has 0 spiro atoms. The molecular formula is C11H11Cl2NO2S. The number of nitrogens with one attached hydrogen (secondary N) is 1. The molecule has 0 saturated heterocycles. The number of benzene rings is 1. The minimum Gasteiger partial charge on any atom is -0.351 e. The van der Waals surface area contributed by atoms with Gasteiger partial charge in [-0.2, -0.15) is 0 Å². The molecule has 0 fully saturated rings. The van der Waals surface area contributed by atoms with Gasteiger partial charge < -0.3 is 5.32 Å². The van der Waals surface area contributed by atoms with Gasteiger partial charge in [0.15, 0.2) is 5.12 Å². The van der Waals surface area contributed by atoms with E-state index in [0.29, 0.717) is 16.6 Å². The quantitative estimate of drug-likeness (QED) is 0.928. The molecule has 0 bridgehead atoms. The van der Waals surface area contributed by atoms with Gasteiger partial charge >= 0.3 is 0 Å². The first-order valence-corrected chi connectivity index (χ1v) is 6.57. The van der Waals surface area contributed by atoms with E-state index >= 15 is 0 Å². The summed E-state index contributed by atoms with van der Waals surface area (Å²) in [7, 11) is 0. The van der Waals surface area contributed by atoms with E-state index in [-0.39, 0.29) is 16.8 Å². The fourth-order valence-electron chi connectivity index (χ4n) is 1.08. The summed E-state index contributed by atoms with van der Waals surface area (Å²) in [6.07, 6.45) is 0. The highest BCUT2D eigenvalue weighted by atomic mass is 35.5. The first kappa shape index (κ1) is 14.4. The van der Waals surface area contributed by atoms with Crippen molar-refractivity contribution < 1.29 is 9.59 Å².